The van der Waals surface area contributed by atoms with E-state index >= 15 is 4.39 Å². The van der Waals surface area contributed by atoms with Crippen LogP contribution in [0.3, 0.4) is 0 Å². The van der Waals surface area contributed by atoms with Crippen molar-refractivity contribution in [1.82, 2.24) is 29.4 Å². The number of carbonyl (C=O) groups excluding carboxylic acids is 2. The van der Waals surface area contributed by atoms with Crippen LogP contribution in [-0.2, 0) is 50.9 Å². The number of esters is 1. The van der Waals surface area contributed by atoms with Crippen LogP contribution in [0.25, 0.3) is 5.69 Å². The number of halogens is 1. The highest BCUT2D eigenvalue weighted by Crippen LogP contribution is 2.37. The number of methoxy groups -OCH3 is 1. The van der Waals surface area contributed by atoms with Crippen molar-refractivity contribution in [3.63, 3.8) is 0 Å². The number of likely N-dealkylation sites (N-methyl/N-ethyl adjacent to an activating group) is 2. The number of anilines is 1. The highest BCUT2D eigenvalue weighted by molar-refractivity contribution is 5.89. The average molecular weight is 1050 g/mol. The van der Waals surface area contributed by atoms with Gasteiger partial charge in [0.05, 0.1) is 78.3 Å². The number of aliphatic hydroxyl groups excluding tert-OH is 4. The summed E-state index contributed by atoms with van der Waals surface area (Å²) in [5, 5.41) is 66.8. The third-order valence-electron chi connectivity index (χ3n) is 15.5. The molecule has 21 nitrogen and oxygen atoms in total. The van der Waals surface area contributed by atoms with Crippen molar-refractivity contribution in [2.45, 2.75) is 184 Å². The summed E-state index contributed by atoms with van der Waals surface area (Å²) in [4.78, 5) is 32.4. The number of hydrogen-bond donors (Lipinski definition) is 5. The molecule has 1 amide bonds. The molecule has 4 fully saturated rings. The van der Waals surface area contributed by atoms with Crippen LogP contribution in [0.5, 0.6) is 0 Å². The van der Waals surface area contributed by atoms with Crippen molar-refractivity contribution >= 4 is 17.7 Å². The lowest BCUT2D eigenvalue weighted by Gasteiger charge is -2.46. The molecule has 414 valence electrons. The number of rotatable bonds is 14. The van der Waals surface area contributed by atoms with Gasteiger partial charge in [0.25, 0.3) is 0 Å². The maximum Gasteiger partial charge on any atom is 0.414 e. The number of β-amino-alcohol motifs (C(OH)–C–C–N with tert-alkyl or cyclic N) is 1. The Morgan fingerprint density at radius 3 is 2.36 bits per heavy atom. The van der Waals surface area contributed by atoms with Gasteiger partial charge in [-0.05, 0) is 104 Å². The van der Waals surface area contributed by atoms with Gasteiger partial charge in [-0.1, -0.05) is 19.1 Å². The summed E-state index contributed by atoms with van der Waals surface area (Å²) >= 11 is 0. The van der Waals surface area contributed by atoms with Crippen LogP contribution in [0.2, 0.25) is 0 Å². The Morgan fingerprint density at radius 2 is 1.68 bits per heavy atom. The highest BCUT2D eigenvalue weighted by atomic mass is 19.1. The largest absolute Gasteiger partial charge is 0.459 e. The normalized spacial score (nSPS) is 37.4. The molecule has 4 aliphatic rings. The molecule has 1 aromatic carbocycles. The number of cyclic esters (lactones) is 2. The standard InChI is InChI=1S/C52H80FN7O14/c1-11-44-52(7,67)43(62)29-56(8)25-30(2)20-40(61)42(23-41(32(4)48(65)74-44)72-45-24-51(6,68-10)47(64)33(5)70-45)73-49-46(63)39(21-31(3)69-49)57(9)19-16-34-26-59(55-54-34)27-36-28-60(50(66)71-36)35-14-15-38(37(53)22-35)58-17-12-13-18-58/h12-15,17-18,22,26,30-33,36,39-47,49,61-64,67H,11,16,19-21,23-25,27-29H2,1-10H3/t30-,31-,32-,33+,36+,39+,40-,41+,42-,43-,44-,45+,46-,47+,49+,51-,52+/m1/s1. The Hall–Kier alpha value is -4.17. The van der Waals surface area contributed by atoms with Crippen molar-refractivity contribution in [2.24, 2.45) is 11.8 Å². The SMILES string of the molecule is CC[C@H]1OC(=O)[C@H](C)[C@@H](O[C@H]2C[C@@](C)(OC)[C@@H](O)[C@H](C)O2)C[C@@H](O[C@@H]2O[C@H](C)C[C@H](N(C)CCc3cn(C[C@H]4CN(c5ccc(-n6cccc6)c(F)c5)C(=O)O4)nn3)[C@H]2O)[C@H](O)C[C@@H](C)CN(C)C[C@@H](O)[C@]1(C)O. The fraction of sp³-hybridized carbons (Fsp3) is 0.731. The molecule has 4 saturated heterocycles. The fourth-order valence-corrected chi connectivity index (χ4v) is 10.8. The van der Waals surface area contributed by atoms with Crippen molar-refractivity contribution in [2.75, 3.05) is 52.3 Å². The van der Waals surface area contributed by atoms with Gasteiger partial charge in [-0.2, -0.15) is 0 Å². The van der Waals surface area contributed by atoms with Gasteiger partial charge in [0, 0.05) is 70.6 Å². The summed E-state index contributed by atoms with van der Waals surface area (Å²) in [7, 11) is 5.17. The van der Waals surface area contributed by atoms with Crippen molar-refractivity contribution in [3.05, 3.63) is 60.4 Å². The number of hydrogen-bond acceptors (Lipinski definition) is 18. The van der Waals surface area contributed by atoms with E-state index in [1.807, 2.05) is 30.7 Å². The van der Waals surface area contributed by atoms with Crippen molar-refractivity contribution < 1.29 is 72.7 Å². The lowest BCUT2D eigenvalue weighted by atomic mass is 9.88. The van der Waals surface area contributed by atoms with Crippen LogP contribution < -0.4 is 4.90 Å². The van der Waals surface area contributed by atoms with Crippen molar-refractivity contribution in [3.8, 4) is 5.69 Å². The van der Waals surface area contributed by atoms with Crippen LogP contribution in [-0.4, -0.2) is 205 Å². The Balaban J connectivity index is 1.04. The molecular formula is C52H80FN7O14. The predicted octanol–water partition coefficient (Wildman–Crippen LogP) is 3.04. The molecule has 0 radical (unpaired) electrons. The van der Waals surface area contributed by atoms with Crippen molar-refractivity contribution in [1.29, 1.82) is 0 Å². The average Bonchev–Trinajstić information content (AvgIpc) is 4.13. The number of aliphatic hydroxyl groups is 5. The fourth-order valence-electron chi connectivity index (χ4n) is 10.8. The summed E-state index contributed by atoms with van der Waals surface area (Å²) in [6.07, 6.45) is -5.69. The molecule has 0 unspecified atom stereocenters. The summed E-state index contributed by atoms with van der Waals surface area (Å²) in [5.41, 5.74) is -1.46. The zero-order valence-electron chi connectivity index (χ0n) is 44.5. The number of ether oxygens (including phenoxy) is 7. The summed E-state index contributed by atoms with van der Waals surface area (Å²) in [6, 6.07) is 7.75. The molecule has 4 aliphatic heterocycles. The molecule has 17 atom stereocenters. The lowest BCUT2D eigenvalue weighted by molar-refractivity contribution is -0.303. The van der Waals surface area contributed by atoms with Crippen LogP contribution in [0.1, 0.15) is 86.3 Å². The number of carbonyl (C=O) groups is 2. The van der Waals surface area contributed by atoms with Crippen LogP contribution in [0.15, 0.2) is 48.9 Å². The Morgan fingerprint density at radius 1 is 0.946 bits per heavy atom. The zero-order chi connectivity index (χ0) is 53.8. The molecule has 2 aromatic heterocycles. The molecule has 0 bridgehead atoms. The molecule has 3 aromatic rings. The minimum atomic E-state index is -1.81. The maximum atomic E-state index is 15.1. The first-order valence-corrected chi connectivity index (χ1v) is 26.0. The second kappa shape index (κ2) is 24.4. The smallest absolute Gasteiger partial charge is 0.414 e. The molecular weight excluding hydrogens is 966 g/mol. The molecule has 7 rings (SSSR count). The van der Waals surface area contributed by atoms with E-state index in [4.69, 9.17) is 33.2 Å². The first kappa shape index (κ1) is 57.5. The van der Waals surface area contributed by atoms with Gasteiger partial charge in [0.1, 0.15) is 35.8 Å². The molecule has 6 heterocycles. The number of benzene rings is 1. The minimum absolute atomic E-state index is 0.0597. The molecule has 0 spiro atoms. The predicted molar refractivity (Wildman–Crippen MR) is 266 cm³/mol. The van der Waals surface area contributed by atoms with Crippen LogP contribution >= 0.6 is 0 Å². The van der Waals surface area contributed by atoms with Gasteiger partial charge < -0.3 is 73.1 Å². The Kier molecular flexibility index (Phi) is 19.0. The molecule has 0 aliphatic carbocycles. The van der Waals surface area contributed by atoms with E-state index in [0.29, 0.717) is 43.0 Å². The number of aromatic nitrogens is 4. The van der Waals surface area contributed by atoms with E-state index in [0.717, 1.165) is 0 Å². The van der Waals surface area contributed by atoms with E-state index < -0.39 is 109 Å². The molecule has 0 saturated carbocycles. The van der Waals surface area contributed by atoms with Gasteiger partial charge in [-0.3, -0.25) is 9.69 Å². The van der Waals surface area contributed by atoms with Gasteiger partial charge >= 0.3 is 12.1 Å². The van der Waals surface area contributed by atoms with Crippen LogP contribution in [0, 0.1) is 17.7 Å². The quantitative estimate of drug-likeness (QED) is 0.146. The zero-order valence-corrected chi connectivity index (χ0v) is 44.5. The summed E-state index contributed by atoms with van der Waals surface area (Å²) in [5.74, 6) is -2.40. The number of amides is 1. The second-order valence-electron chi connectivity index (χ2n) is 21.6. The molecule has 74 heavy (non-hydrogen) atoms. The van der Waals surface area contributed by atoms with Gasteiger partial charge in [0.15, 0.2) is 12.6 Å². The second-order valence-corrected chi connectivity index (χ2v) is 21.6. The minimum Gasteiger partial charge on any atom is -0.459 e. The van der Waals surface area contributed by atoms with Gasteiger partial charge in [0.2, 0.25) is 0 Å². The highest BCUT2D eigenvalue weighted by Gasteiger charge is 2.49. The number of nitrogens with zero attached hydrogens (tertiary/aromatic N) is 7. The molecule has 5 N–H and O–H groups in total. The maximum absolute atomic E-state index is 15.1. The monoisotopic (exact) mass is 1050 g/mol. The van der Waals surface area contributed by atoms with E-state index in [1.165, 1.54) is 25.0 Å². The van der Waals surface area contributed by atoms with Gasteiger partial charge in [-0.15, -0.1) is 5.10 Å². The summed E-state index contributed by atoms with van der Waals surface area (Å²) < 4.78 is 61.5. The first-order valence-electron chi connectivity index (χ1n) is 26.0. The summed E-state index contributed by atoms with van der Waals surface area (Å²) in [6.45, 7) is 13.5. The Labute approximate surface area is 433 Å². The third kappa shape index (κ3) is 13.5. The molecule has 22 heteroatoms. The first-order chi connectivity index (χ1) is 35.0. The van der Waals surface area contributed by atoms with E-state index in [2.05, 4.69) is 10.3 Å². The van der Waals surface area contributed by atoms with E-state index in [-0.39, 0.29) is 57.3 Å². The van der Waals surface area contributed by atoms with E-state index in [1.54, 1.807) is 86.8 Å². The van der Waals surface area contributed by atoms with Crippen LogP contribution in [0.4, 0.5) is 14.9 Å². The Bertz CT molecular complexity index is 2290. The lowest BCUT2D eigenvalue weighted by Crippen LogP contribution is -2.58. The topological polar surface area (TPSA) is 245 Å². The third-order valence-corrected chi connectivity index (χ3v) is 15.5. The van der Waals surface area contributed by atoms with E-state index in [9.17, 15) is 35.1 Å². The van der Waals surface area contributed by atoms with Gasteiger partial charge in [-0.25, -0.2) is 13.9 Å².